The highest BCUT2D eigenvalue weighted by Crippen LogP contribution is 2.31. The SMILES string of the molecule is CCCN(c1cc(F)cc(OC)c1)c1ccc2ncc(-c3cnn(CCO)c3)nc2c1. The van der Waals surface area contributed by atoms with Gasteiger partial charge in [0, 0.05) is 41.8 Å². The molecule has 31 heavy (non-hydrogen) atoms. The van der Waals surface area contributed by atoms with Crippen molar-refractivity contribution in [2.45, 2.75) is 19.9 Å². The van der Waals surface area contributed by atoms with Crippen molar-refractivity contribution in [1.82, 2.24) is 19.7 Å². The molecule has 0 aliphatic carbocycles. The maximum absolute atomic E-state index is 14.1. The number of benzene rings is 2. The molecule has 1 N–H and O–H groups in total. The summed E-state index contributed by atoms with van der Waals surface area (Å²) in [5.41, 5.74) is 4.63. The van der Waals surface area contributed by atoms with Gasteiger partial charge in [0.2, 0.25) is 0 Å². The first-order valence-electron chi connectivity index (χ1n) is 10.1. The number of nitrogens with zero attached hydrogens (tertiary/aromatic N) is 5. The van der Waals surface area contributed by atoms with E-state index in [9.17, 15) is 4.39 Å². The molecule has 0 fully saturated rings. The monoisotopic (exact) mass is 421 g/mol. The Morgan fingerprint density at radius 3 is 2.74 bits per heavy atom. The fraction of sp³-hybridized carbons (Fsp3) is 0.261. The Kier molecular flexibility index (Phi) is 6.08. The highest BCUT2D eigenvalue weighted by Gasteiger charge is 2.13. The maximum atomic E-state index is 14.1. The molecule has 4 aromatic rings. The molecule has 0 saturated carbocycles. The van der Waals surface area contributed by atoms with Crippen molar-refractivity contribution in [3.8, 4) is 17.0 Å². The molecular formula is C23H24FN5O2. The predicted molar refractivity (Wildman–Crippen MR) is 118 cm³/mol. The Morgan fingerprint density at radius 1 is 1.10 bits per heavy atom. The van der Waals surface area contributed by atoms with E-state index in [1.807, 2.05) is 35.4 Å². The van der Waals surface area contributed by atoms with Crippen molar-refractivity contribution in [3.63, 3.8) is 0 Å². The van der Waals surface area contributed by atoms with Crippen LogP contribution in [0.2, 0.25) is 0 Å². The van der Waals surface area contributed by atoms with E-state index in [1.165, 1.54) is 19.2 Å². The van der Waals surface area contributed by atoms with E-state index in [2.05, 4.69) is 17.0 Å². The molecule has 0 amide bonds. The largest absolute Gasteiger partial charge is 0.497 e. The van der Waals surface area contributed by atoms with Gasteiger partial charge < -0.3 is 14.7 Å². The number of halogens is 1. The summed E-state index contributed by atoms with van der Waals surface area (Å²) in [6, 6.07) is 10.5. The van der Waals surface area contributed by atoms with Gasteiger partial charge in [-0.25, -0.2) is 9.37 Å². The molecule has 2 aromatic heterocycles. The molecular weight excluding hydrogens is 397 g/mol. The Hall–Kier alpha value is -3.52. The molecule has 0 aliphatic heterocycles. The summed E-state index contributed by atoms with van der Waals surface area (Å²) >= 11 is 0. The van der Waals surface area contributed by atoms with Gasteiger partial charge in [-0.1, -0.05) is 6.92 Å². The smallest absolute Gasteiger partial charge is 0.128 e. The van der Waals surface area contributed by atoms with Crippen molar-refractivity contribution >= 4 is 22.4 Å². The number of rotatable bonds is 8. The minimum atomic E-state index is -0.349. The molecule has 0 atom stereocenters. The average Bonchev–Trinajstić information content (AvgIpc) is 3.25. The van der Waals surface area contributed by atoms with Crippen molar-refractivity contribution in [3.05, 3.63) is 60.8 Å². The van der Waals surface area contributed by atoms with Crippen LogP contribution in [0.15, 0.2) is 55.0 Å². The summed E-state index contributed by atoms with van der Waals surface area (Å²) in [5.74, 6) is 0.122. The Morgan fingerprint density at radius 2 is 1.97 bits per heavy atom. The van der Waals surface area contributed by atoms with Crippen LogP contribution in [0.5, 0.6) is 5.75 Å². The second kappa shape index (κ2) is 9.09. The molecule has 160 valence electrons. The van der Waals surface area contributed by atoms with E-state index in [4.69, 9.17) is 14.8 Å². The lowest BCUT2D eigenvalue weighted by Gasteiger charge is -2.25. The quantitative estimate of drug-likeness (QED) is 0.460. The average molecular weight is 421 g/mol. The topological polar surface area (TPSA) is 76.3 Å². The normalized spacial score (nSPS) is 11.1. The highest BCUT2D eigenvalue weighted by atomic mass is 19.1. The second-order valence-corrected chi connectivity index (χ2v) is 7.14. The summed E-state index contributed by atoms with van der Waals surface area (Å²) in [4.78, 5) is 11.3. The first kappa shape index (κ1) is 20.7. The number of ether oxygens (including phenoxy) is 1. The minimum Gasteiger partial charge on any atom is -0.497 e. The number of aliphatic hydroxyl groups is 1. The van der Waals surface area contributed by atoms with Gasteiger partial charge in [0.25, 0.3) is 0 Å². The van der Waals surface area contributed by atoms with Gasteiger partial charge in [0.15, 0.2) is 0 Å². The number of methoxy groups -OCH3 is 1. The van der Waals surface area contributed by atoms with Gasteiger partial charge in [0.1, 0.15) is 11.6 Å². The van der Waals surface area contributed by atoms with Crippen LogP contribution >= 0.6 is 0 Å². The lowest BCUT2D eigenvalue weighted by atomic mass is 10.2. The Labute approximate surface area is 179 Å². The highest BCUT2D eigenvalue weighted by molar-refractivity contribution is 5.82. The first-order chi connectivity index (χ1) is 15.1. The fourth-order valence-corrected chi connectivity index (χ4v) is 3.48. The van der Waals surface area contributed by atoms with Gasteiger partial charge in [0.05, 0.1) is 49.4 Å². The number of fused-ring (bicyclic) bond motifs is 1. The van der Waals surface area contributed by atoms with E-state index < -0.39 is 0 Å². The van der Waals surface area contributed by atoms with Gasteiger partial charge in [-0.05, 0) is 30.7 Å². The zero-order chi connectivity index (χ0) is 21.8. The third-order valence-corrected chi connectivity index (χ3v) is 4.95. The molecule has 2 heterocycles. The van der Waals surface area contributed by atoms with Gasteiger partial charge >= 0.3 is 0 Å². The Balaban J connectivity index is 1.74. The van der Waals surface area contributed by atoms with Crippen LogP contribution in [-0.4, -0.2) is 45.1 Å². The fourth-order valence-electron chi connectivity index (χ4n) is 3.48. The molecule has 0 bridgehead atoms. The number of aliphatic hydroxyl groups excluding tert-OH is 1. The van der Waals surface area contributed by atoms with Crippen LogP contribution in [0.1, 0.15) is 13.3 Å². The number of aromatic nitrogens is 4. The number of hydrogen-bond acceptors (Lipinski definition) is 6. The Bertz CT molecular complexity index is 1190. The van der Waals surface area contributed by atoms with Gasteiger partial charge in [-0.15, -0.1) is 0 Å². The summed E-state index contributed by atoms with van der Waals surface area (Å²) in [7, 11) is 1.53. The molecule has 0 saturated heterocycles. The summed E-state index contributed by atoms with van der Waals surface area (Å²) in [6.45, 7) is 3.23. The molecule has 0 aliphatic rings. The van der Waals surface area contributed by atoms with Crippen LogP contribution in [0.25, 0.3) is 22.3 Å². The van der Waals surface area contributed by atoms with Crippen LogP contribution in [0.4, 0.5) is 15.8 Å². The predicted octanol–water partition coefficient (Wildman–Crippen LogP) is 4.18. The molecule has 4 rings (SSSR count). The summed E-state index contributed by atoms with van der Waals surface area (Å²) in [6.07, 6.45) is 6.13. The minimum absolute atomic E-state index is 0.0198. The lowest BCUT2D eigenvalue weighted by molar-refractivity contribution is 0.269. The third kappa shape index (κ3) is 4.49. The number of hydrogen-bond donors (Lipinski definition) is 1. The summed E-state index contributed by atoms with van der Waals surface area (Å²) < 4.78 is 21.0. The van der Waals surface area contributed by atoms with Crippen LogP contribution in [0.3, 0.4) is 0 Å². The van der Waals surface area contributed by atoms with Crippen molar-refractivity contribution in [1.29, 1.82) is 0 Å². The summed E-state index contributed by atoms with van der Waals surface area (Å²) in [5, 5.41) is 13.3. The van der Waals surface area contributed by atoms with Gasteiger partial charge in [-0.3, -0.25) is 9.67 Å². The van der Waals surface area contributed by atoms with Crippen molar-refractivity contribution < 1.29 is 14.2 Å². The second-order valence-electron chi connectivity index (χ2n) is 7.14. The lowest BCUT2D eigenvalue weighted by Crippen LogP contribution is -2.18. The molecule has 0 spiro atoms. The molecule has 7 nitrogen and oxygen atoms in total. The van der Waals surface area contributed by atoms with Gasteiger partial charge in [-0.2, -0.15) is 5.10 Å². The maximum Gasteiger partial charge on any atom is 0.128 e. The standard InChI is InChI=1S/C23H24FN5O2/c1-3-6-29(19-9-17(24)10-20(11-19)31-2)18-4-5-21-22(12-18)27-23(14-25-21)16-13-26-28(15-16)7-8-30/h4-5,9-15,30H,3,6-8H2,1-2H3. The third-order valence-electron chi connectivity index (χ3n) is 4.95. The van der Waals surface area contributed by atoms with Crippen LogP contribution in [0, 0.1) is 5.82 Å². The van der Waals surface area contributed by atoms with Crippen molar-refractivity contribution in [2.75, 3.05) is 25.2 Å². The van der Waals surface area contributed by atoms with Crippen molar-refractivity contribution in [2.24, 2.45) is 0 Å². The van der Waals surface area contributed by atoms with E-state index >= 15 is 0 Å². The zero-order valence-electron chi connectivity index (χ0n) is 17.5. The molecule has 0 unspecified atom stereocenters. The molecule has 2 aromatic carbocycles. The number of anilines is 2. The van der Waals surface area contributed by atoms with Crippen LogP contribution < -0.4 is 9.64 Å². The first-order valence-corrected chi connectivity index (χ1v) is 10.1. The molecule has 0 radical (unpaired) electrons. The molecule has 8 heteroatoms. The zero-order valence-corrected chi connectivity index (χ0v) is 17.5. The van der Waals surface area contributed by atoms with Crippen LogP contribution in [-0.2, 0) is 6.54 Å². The van der Waals surface area contributed by atoms with E-state index in [1.54, 1.807) is 17.1 Å². The van der Waals surface area contributed by atoms with E-state index in [-0.39, 0.29) is 12.4 Å². The van der Waals surface area contributed by atoms with E-state index in [0.29, 0.717) is 30.2 Å². The van der Waals surface area contributed by atoms with E-state index in [0.717, 1.165) is 28.7 Å².